The zero-order valence-corrected chi connectivity index (χ0v) is 18.2. The molecular weight excluding hydrogens is 398 g/mol. The van der Waals surface area contributed by atoms with Crippen LogP contribution < -0.4 is 14.5 Å². The fourth-order valence-corrected chi connectivity index (χ4v) is 4.26. The number of ether oxygens (including phenoxy) is 1. The summed E-state index contributed by atoms with van der Waals surface area (Å²) in [6.45, 7) is 2.87. The number of amides is 1. The van der Waals surface area contributed by atoms with Crippen molar-refractivity contribution in [2.45, 2.75) is 0 Å². The van der Waals surface area contributed by atoms with Crippen molar-refractivity contribution in [1.82, 2.24) is 14.9 Å². The van der Waals surface area contributed by atoms with Crippen LogP contribution in [-0.4, -0.2) is 68.2 Å². The van der Waals surface area contributed by atoms with Gasteiger partial charge in [0.1, 0.15) is 11.6 Å². The lowest BCUT2D eigenvalue weighted by Crippen LogP contribution is -2.49. The van der Waals surface area contributed by atoms with Gasteiger partial charge in [-0.1, -0.05) is 6.07 Å². The minimum atomic E-state index is 0.0302. The minimum absolute atomic E-state index is 0.0302. The van der Waals surface area contributed by atoms with E-state index in [0.717, 1.165) is 35.3 Å². The molecule has 1 fully saturated rings. The molecule has 3 heterocycles. The van der Waals surface area contributed by atoms with Gasteiger partial charge in [0.2, 0.25) is 0 Å². The smallest absolute Gasteiger partial charge is 0.254 e. The molecule has 8 heteroatoms. The number of rotatable bonds is 5. The van der Waals surface area contributed by atoms with Gasteiger partial charge in [0.25, 0.3) is 5.91 Å². The van der Waals surface area contributed by atoms with Crippen LogP contribution in [0.25, 0.3) is 11.3 Å². The molecule has 156 valence electrons. The Morgan fingerprint density at radius 1 is 1.13 bits per heavy atom. The lowest BCUT2D eigenvalue weighted by atomic mass is 10.1. The highest BCUT2D eigenvalue weighted by atomic mass is 32.1. The summed E-state index contributed by atoms with van der Waals surface area (Å²) in [5.41, 5.74) is 2.30. The number of anilines is 2. The van der Waals surface area contributed by atoms with Crippen molar-refractivity contribution in [3.05, 3.63) is 53.5 Å². The second-order valence-electron chi connectivity index (χ2n) is 7.29. The first-order valence-corrected chi connectivity index (χ1v) is 10.7. The molecule has 1 amide bonds. The third kappa shape index (κ3) is 4.09. The molecule has 0 unspecified atom stereocenters. The lowest BCUT2D eigenvalue weighted by molar-refractivity contribution is 0.0746. The summed E-state index contributed by atoms with van der Waals surface area (Å²) in [7, 11) is 5.56. The summed E-state index contributed by atoms with van der Waals surface area (Å²) in [5, 5.41) is 2.90. The Morgan fingerprint density at radius 2 is 1.93 bits per heavy atom. The van der Waals surface area contributed by atoms with Crippen LogP contribution >= 0.6 is 11.3 Å². The van der Waals surface area contributed by atoms with Crippen molar-refractivity contribution in [3.63, 3.8) is 0 Å². The van der Waals surface area contributed by atoms with Crippen LogP contribution in [0, 0.1) is 0 Å². The molecule has 1 aromatic carbocycles. The van der Waals surface area contributed by atoms with Gasteiger partial charge < -0.3 is 19.4 Å². The van der Waals surface area contributed by atoms with Crippen molar-refractivity contribution < 1.29 is 9.53 Å². The predicted molar refractivity (Wildman–Crippen MR) is 121 cm³/mol. The van der Waals surface area contributed by atoms with Gasteiger partial charge in [-0.15, -0.1) is 11.3 Å². The van der Waals surface area contributed by atoms with Gasteiger partial charge in [-0.3, -0.25) is 4.79 Å². The molecule has 0 atom stereocenters. The topological polar surface area (TPSA) is 61.8 Å². The molecule has 0 radical (unpaired) electrons. The second kappa shape index (κ2) is 8.71. The Hall–Kier alpha value is -3.13. The summed E-state index contributed by atoms with van der Waals surface area (Å²) in [5.74, 6) is 1.70. The summed E-state index contributed by atoms with van der Waals surface area (Å²) < 4.78 is 5.53. The number of hydrogen-bond donors (Lipinski definition) is 0. The maximum Gasteiger partial charge on any atom is 0.254 e. The number of carbonyl (C=O) groups is 1. The summed E-state index contributed by atoms with van der Waals surface area (Å²) in [6.07, 6.45) is 1.80. The number of carbonyl (C=O) groups excluding carboxylic acids is 1. The molecule has 0 spiro atoms. The number of nitrogens with zero attached hydrogens (tertiary/aromatic N) is 5. The molecule has 0 N–H and O–H groups in total. The van der Waals surface area contributed by atoms with Crippen LogP contribution in [0.2, 0.25) is 0 Å². The Bertz CT molecular complexity index is 1010. The zero-order chi connectivity index (χ0) is 21.1. The standard InChI is InChI=1S/C22H25N5O2S/c1-25(2)22-24-18(15-30-22)17-14-16(7-8-19(17)29-3)21(28)27-12-10-26(11-13-27)20-6-4-5-9-23-20/h4-9,14-15H,10-13H2,1-3H3. The van der Waals surface area contributed by atoms with E-state index in [1.54, 1.807) is 24.6 Å². The van der Waals surface area contributed by atoms with Crippen molar-refractivity contribution in [1.29, 1.82) is 0 Å². The van der Waals surface area contributed by atoms with E-state index in [0.29, 0.717) is 24.4 Å². The average Bonchev–Trinajstić information content (AvgIpc) is 3.29. The Kier molecular flexibility index (Phi) is 5.85. The third-order valence-electron chi connectivity index (χ3n) is 5.14. The van der Waals surface area contributed by atoms with Crippen molar-refractivity contribution >= 4 is 28.2 Å². The molecule has 1 saturated heterocycles. The van der Waals surface area contributed by atoms with E-state index in [2.05, 4.69) is 14.9 Å². The normalized spacial score (nSPS) is 14.0. The number of methoxy groups -OCH3 is 1. The molecule has 30 heavy (non-hydrogen) atoms. The largest absolute Gasteiger partial charge is 0.496 e. The van der Waals surface area contributed by atoms with Gasteiger partial charge in [-0.05, 0) is 30.3 Å². The van der Waals surface area contributed by atoms with Crippen molar-refractivity contribution in [2.24, 2.45) is 0 Å². The molecule has 0 aliphatic carbocycles. The second-order valence-corrected chi connectivity index (χ2v) is 8.13. The van der Waals surface area contributed by atoms with Gasteiger partial charge >= 0.3 is 0 Å². The third-order valence-corrected chi connectivity index (χ3v) is 6.15. The van der Waals surface area contributed by atoms with Crippen LogP contribution in [-0.2, 0) is 0 Å². The van der Waals surface area contributed by atoms with Gasteiger partial charge in [-0.25, -0.2) is 9.97 Å². The van der Waals surface area contributed by atoms with Crippen LogP contribution in [0.3, 0.4) is 0 Å². The average molecular weight is 424 g/mol. The molecule has 3 aromatic rings. The lowest BCUT2D eigenvalue weighted by Gasteiger charge is -2.35. The highest BCUT2D eigenvalue weighted by molar-refractivity contribution is 7.14. The molecule has 4 rings (SSSR count). The summed E-state index contributed by atoms with van der Waals surface area (Å²) >= 11 is 1.56. The maximum atomic E-state index is 13.2. The van der Waals surface area contributed by atoms with Crippen LogP contribution in [0.5, 0.6) is 5.75 Å². The van der Waals surface area contributed by atoms with Gasteiger partial charge in [0.05, 0.1) is 12.8 Å². The van der Waals surface area contributed by atoms with Gasteiger partial charge in [0, 0.05) is 63.0 Å². The first-order chi connectivity index (χ1) is 14.6. The predicted octanol–water partition coefficient (Wildman–Crippen LogP) is 3.24. The highest BCUT2D eigenvalue weighted by Crippen LogP contribution is 2.34. The Labute approximate surface area is 180 Å². The van der Waals surface area contributed by atoms with E-state index in [9.17, 15) is 4.79 Å². The molecule has 1 aliphatic rings. The van der Waals surface area contributed by atoms with Gasteiger partial charge in [-0.2, -0.15) is 0 Å². The SMILES string of the molecule is COc1ccc(C(=O)N2CCN(c3ccccn3)CC2)cc1-c1csc(N(C)C)n1. The van der Waals surface area contributed by atoms with Crippen molar-refractivity contribution in [2.75, 3.05) is 57.2 Å². The van der Waals surface area contributed by atoms with Crippen molar-refractivity contribution in [3.8, 4) is 17.0 Å². The van der Waals surface area contributed by atoms with E-state index in [-0.39, 0.29) is 5.91 Å². The van der Waals surface area contributed by atoms with E-state index in [4.69, 9.17) is 4.74 Å². The molecule has 7 nitrogen and oxygen atoms in total. The quantitative estimate of drug-likeness (QED) is 0.628. The fraction of sp³-hybridized carbons (Fsp3) is 0.318. The van der Waals surface area contributed by atoms with E-state index in [1.807, 2.05) is 65.7 Å². The number of hydrogen-bond acceptors (Lipinski definition) is 7. The molecule has 0 saturated carbocycles. The summed E-state index contributed by atoms with van der Waals surface area (Å²) in [6, 6.07) is 11.5. The van der Waals surface area contributed by atoms with E-state index in [1.165, 1.54) is 0 Å². The van der Waals surface area contributed by atoms with Crippen LogP contribution in [0.1, 0.15) is 10.4 Å². The van der Waals surface area contributed by atoms with E-state index < -0.39 is 0 Å². The molecule has 0 bridgehead atoms. The molecular formula is C22H25N5O2S. The number of thiazole rings is 1. The first kappa shape index (κ1) is 20.2. The summed E-state index contributed by atoms with van der Waals surface area (Å²) in [4.78, 5) is 28.3. The number of aromatic nitrogens is 2. The number of benzene rings is 1. The van der Waals surface area contributed by atoms with Gasteiger partial charge in [0.15, 0.2) is 5.13 Å². The van der Waals surface area contributed by atoms with Crippen LogP contribution in [0.4, 0.5) is 10.9 Å². The fourth-order valence-electron chi connectivity index (χ4n) is 3.50. The Morgan fingerprint density at radius 3 is 2.57 bits per heavy atom. The van der Waals surface area contributed by atoms with E-state index >= 15 is 0 Å². The highest BCUT2D eigenvalue weighted by Gasteiger charge is 2.24. The minimum Gasteiger partial charge on any atom is -0.496 e. The molecule has 2 aromatic heterocycles. The maximum absolute atomic E-state index is 13.2. The van der Waals surface area contributed by atoms with Crippen LogP contribution in [0.15, 0.2) is 48.0 Å². The zero-order valence-electron chi connectivity index (χ0n) is 17.4. The monoisotopic (exact) mass is 423 g/mol. The molecule has 1 aliphatic heterocycles. The Balaban J connectivity index is 1.52. The first-order valence-electron chi connectivity index (χ1n) is 9.83. The number of pyridine rings is 1. The number of piperazine rings is 1.